The highest BCUT2D eigenvalue weighted by molar-refractivity contribution is 7.09. The van der Waals surface area contributed by atoms with Crippen LogP contribution in [0.25, 0.3) is 0 Å². The number of thiazole rings is 1. The largest absolute Gasteiger partial charge is 0.381 e. The molecule has 0 saturated carbocycles. The Bertz CT molecular complexity index is 466. The summed E-state index contributed by atoms with van der Waals surface area (Å²) >= 11 is 1.48. The molecule has 18 heavy (non-hydrogen) atoms. The average Bonchev–Trinajstić information content (AvgIpc) is 2.77. The molecule has 0 spiro atoms. The van der Waals surface area contributed by atoms with Crippen LogP contribution in [0.2, 0.25) is 0 Å². The van der Waals surface area contributed by atoms with Gasteiger partial charge >= 0.3 is 0 Å². The molecule has 0 aromatic carbocycles. The molecule has 2 heterocycles. The van der Waals surface area contributed by atoms with Gasteiger partial charge in [-0.1, -0.05) is 6.58 Å². The van der Waals surface area contributed by atoms with Crippen molar-refractivity contribution in [1.29, 1.82) is 0 Å². The summed E-state index contributed by atoms with van der Waals surface area (Å²) in [6.07, 6.45) is 1.19. The summed E-state index contributed by atoms with van der Waals surface area (Å²) in [5, 5.41) is 5.44. The highest BCUT2D eigenvalue weighted by Crippen LogP contribution is 2.34. The number of carbonyl (C=O) groups is 1. The number of rotatable bonds is 3. The molecule has 1 aliphatic rings. The molecule has 0 aliphatic carbocycles. The summed E-state index contributed by atoms with van der Waals surface area (Å²) in [7, 11) is 0. The van der Waals surface area contributed by atoms with Gasteiger partial charge in [-0.15, -0.1) is 11.3 Å². The summed E-state index contributed by atoms with van der Waals surface area (Å²) < 4.78 is 18.2. The number of hydrogen-bond acceptors (Lipinski definition) is 4. The van der Waals surface area contributed by atoms with Crippen molar-refractivity contribution < 1.29 is 13.9 Å². The van der Waals surface area contributed by atoms with Crippen LogP contribution < -0.4 is 5.32 Å². The number of amides is 1. The first-order chi connectivity index (χ1) is 8.53. The number of aryl methyl sites for hydroxylation is 1. The zero-order valence-corrected chi connectivity index (χ0v) is 11.0. The van der Waals surface area contributed by atoms with Gasteiger partial charge in [-0.2, -0.15) is 0 Å². The smallest absolute Gasteiger partial charge is 0.280 e. The van der Waals surface area contributed by atoms with Gasteiger partial charge in [-0.05, 0) is 6.92 Å². The predicted molar refractivity (Wildman–Crippen MR) is 67.0 cm³/mol. The van der Waals surface area contributed by atoms with E-state index in [0.29, 0.717) is 26.1 Å². The summed E-state index contributed by atoms with van der Waals surface area (Å²) in [5.41, 5.74) is 0.276. The second kappa shape index (κ2) is 5.16. The first-order valence-electron chi connectivity index (χ1n) is 5.71. The van der Waals surface area contributed by atoms with Gasteiger partial charge in [-0.25, -0.2) is 9.37 Å². The molecule has 1 aromatic heterocycles. The number of nitrogens with zero attached hydrogens (tertiary/aromatic N) is 1. The van der Waals surface area contributed by atoms with Crippen molar-refractivity contribution in [1.82, 2.24) is 10.3 Å². The molecule has 1 saturated heterocycles. The van der Waals surface area contributed by atoms with Crippen molar-refractivity contribution in [2.45, 2.75) is 25.3 Å². The fourth-order valence-electron chi connectivity index (χ4n) is 1.97. The van der Waals surface area contributed by atoms with Gasteiger partial charge in [0.25, 0.3) is 5.91 Å². The first-order valence-corrected chi connectivity index (χ1v) is 6.59. The summed E-state index contributed by atoms with van der Waals surface area (Å²) in [6, 6.07) is 0. The molecular formula is C12H15FN2O2S. The number of nitrogens with one attached hydrogen (secondary N) is 1. The maximum atomic E-state index is 12.9. The number of carbonyl (C=O) groups excluding carboxylic acids is 1. The highest BCUT2D eigenvalue weighted by Gasteiger charge is 2.39. The molecule has 0 unspecified atom stereocenters. The van der Waals surface area contributed by atoms with Gasteiger partial charge < -0.3 is 10.1 Å². The molecule has 1 aromatic rings. The van der Waals surface area contributed by atoms with Crippen molar-refractivity contribution in [3.8, 4) is 0 Å². The van der Waals surface area contributed by atoms with Crippen molar-refractivity contribution in [2.75, 3.05) is 13.2 Å². The SMILES string of the molecule is C=C(F)C(=O)NC1(c2nc(C)cs2)CCOCC1. The molecule has 0 atom stereocenters. The Morgan fingerprint density at radius 3 is 2.78 bits per heavy atom. The van der Waals surface area contributed by atoms with Crippen LogP contribution in [0.4, 0.5) is 4.39 Å². The minimum Gasteiger partial charge on any atom is -0.381 e. The zero-order valence-electron chi connectivity index (χ0n) is 10.2. The van der Waals surface area contributed by atoms with E-state index in [-0.39, 0.29) is 0 Å². The Hall–Kier alpha value is -1.27. The maximum Gasteiger partial charge on any atom is 0.280 e. The third kappa shape index (κ3) is 2.59. The Labute approximate surface area is 109 Å². The van der Waals surface area contributed by atoms with Gasteiger partial charge in [0.05, 0.1) is 5.54 Å². The molecule has 1 N–H and O–H groups in total. The third-order valence-corrected chi connectivity index (χ3v) is 4.14. The lowest BCUT2D eigenvalue weighted by atomic mass is 9.90. The Morgan fingerprint density at radius 2 is 2.28 bits per heavy atom. The molecule has 4 nitrogen and oxygen atoms in total. The summed E-state index contributed by atoms with van der Waals surface area (Å²) in [6.45, 7) is 5.97. The minimum atomic E-state index is -0.978. The number of aromatic nitrogens is 1. The van der Waals surface area contributed by atoms with E-state index < -0.39 is 17.3 Å². The van der Waals surface area contributed by atoms with Crippen molar-refractivity contribution in [3.63, 3.8) is 0 Å². The number of hydrogen-bond donors (Lipinski definition) is 1. The maximum absolute atomic E-state index is 12.9. The number of ether oxygens (including phenoxy) is 1. The van der Waals surface area contributed by atoms with Crippen LogP contribution in [0.1, 0.15) is 23.5 Å². The first kappa shape index (κ1) is 13.2. The second-order valence-corrected chi connectivity index (χ2v) is 5.21. The molecule has 1 amide bonds. The lowest BCUT2D eigenvalue weighted by Gasteiger charge is -2.36. The van der Waals surface area contributed by atoms with Crippen LogP contribution in [0.3, 0.4) is 0 Å². The average molecular weight is 270 g/mol. The van der Waals surface area contributed by atoms with Crippen LogP contribution >= 0.6 is 11.3 Å². The molecule has 1 fully saturated rings. The number of halogens is 1. The molecule has 0 radical (unpaired) electrons. The Balaban J connectivity index is 2.28. The lowest BCUT2D eigenvalue weighted by molar-refractivity contribution is -0.122. The fraction of sp³-hybridized carbons (Fsp3) is 0.500. The van der Waals surface area contributed by atoms with E-state index >= 15 is 0 Å². The van der Waals surface area contributed by atoms with Gasteiger partial charge in [-0.3, -0.25) is 4.79 Å². The third-order valence-electron chi connectivity index (χ3n) is 2.97. The van der Waals surface area contributed by atoms with Crippen molar-refractivity contribution >= 4 is 17.2 Å². The van der Waals surface area contributed by atoms with Crippen LogP contribution in [0.15, 0.2) is 17.8 Å². The monoisotopic (exact) mass is 270 g/mol. The van der Waals surface area contributed by atoms with E-state index in [1.165, 1.54) is 11.3 Å². The van der Waals surface area contributed by atoms with E-state index in [9.17, 15) is 9.18 Å². The Kier molecular flexibility index (Phi) is 3.77. The van der Waals surface area contributed by atoms with Crippen LogP contribution in [0, 0.1) is 6.92 Å². The van der Waals surface area contributed by atoms with Crippen molar-refractivity contribution in [2.24, 2.45) is 0 Å². The quantitative estimate of drug-likeness (QED) is 0.855. The van der Waals surface area contributed by atoms with Gasteiger partial charge in [0.15, 0.2) is 5.83 Å². The van der Waals surface area contributed by atoms with Crippen molar-refractivity contribution in [3.05, 3.63) is 28.5 Å². The van der Waals surface area contributed by atoms with E-state index in [1.54, 1.807) is 0 Å². The molecule has 2 rings (SSSR count). The minimum absolute atomic E-state index is 0.525. The molecule has 0 bridgehead atoms. The van der Waals surface area contributed by atoms with E-state index in [0.717, 1.165) is 10.7 Å². The molecule has 6 heteroatoms. The van der Waals surface area contributed by atoms with Gasteiger partial charge in [0.2, 0.25) is 0 Å². The molecule has 98 valence electrons. The van der Waals surface area contributed by atoms with Crippen LogP contribution in [0.5, 0.6) is 0 Å². The normalized spacial score (nSPS) is 18.3. The Morgan fingerprint density at radius 1 is 1.61 bits per heavy atom. The molecule has 1 aliphatic heterocycles. The van der Waals surface area contributed by atoms with E-state index in [2.05, 4.69) is 16.9 Å². The standard InChI is InChI=1S/C12H15FN2O2S/c1-8-7-18-11(14-8)12(3-5-17-6-4-12)15-10(16)9(2)13/h7H,2-6H2,1H3,(H,15,16). The van der Waals surface area contributed by atoms with Crippen LogP contribution in [-0.4, -0.2) is 24.1 Å². The highest BCUT2D eigenvalue weighted by atomic mass is 32.1. The van der Waals surface area contributed by atoms with E-state index in [1.807, 2.05) is 12.3 Å². The zero-order chi connectivity index (χ0) is 13.2. The van der Waals surface area contributed by atoms with Gasteiger partial charge in [0.1, 0.15) is 5.01 Å². The molecular weight excluding hydrogens is 255 g/mol. The lowest BCUT2D eigenvalue weighted by Crippen LogP contribution is -2.49. The van der Waals surface area contributed by atoms with Gasteiger partial charge in [0, 0.05) is 37.1 Å². The summed E-state index contributed by atoms with van der Waals surface area (Å²) in [4.78, 5) is 16.0. The van der Waals surface area contributed by atoms with Crippen LogP contribution in [-0.2, 0) is 15.1 Å². The topological polar surface area (TPSA) is 51.2 Å². The summed E-state index contributed by atoms with van der Waals surface area (Å²) in [5.74, 6) is -1.75. The predicted octanol–water partition coefficient (Wildman–Crippen LogP) is 2.06. The fourth-order valence-corrected chi connectivity index (χ4v) is 2.98. The van der Waals surface area contributed by atoms with E-state index in [4.69, 9.17) is 4.74 Å². The second-order valence-electron chi connectivity index (χ2n) is 4.35.